The lowest BCUT2D eigenvalue weighted by Gasteiger charge is -2.10. The standard InChI is InChI=1S/C16H13ClN4O3S2/c1-10-19-20-16(25-10)18-15(22)11-5-4-6-12(9-11)26(23,24)21-14-8-3-2-7-13(14)17/h2-9,21H,1H3,(H,18,20,22). The number of halogens is 1. The second-order valence-corrected chi connectivity index (χ2v) is 8.46. The molecule has 7 nitrogen and oxygen atoms in total. The van der Waals surface area contributed by atoms with Crippen molar-refractivity contribution < 1.29 is 13.2 Å². The van der Waals surface area contributed by atoms with Crippen LogP contribution in [-0.4, -0.2) is 24.5 Å². The van der Waals surface area contributed by atoms with Gasteiger partial charge in [0, 0.05) is 5.56 Å². The molecule has 3 rings (SSSR count). The highest BCUT2D eigenvalue weighted by Gasteiger charge is 2.18. The predicted octanol–water partition coefficient (Wildman–Crippen LogP) is 3.55. The molecule has 3 aromatic rings. The van der Waals surface area contributed by atoms with Gasteiger partial charge in [0.05, 0.1) is 15.6 Å². The van der Waals surface area contributed by atoms with Crippen LogP contribution in [0.15, 0.2) is 53.4 Å². The van der Waals surface area contributed by atoms with Gasteiger partial charge in [-0.2, -0.15) is 0 Å². The maximum Gasteiger partial charge on any atom is 0.261 e. The Morgan fingerprint density at radius 2 is 1.88 bits per heavy atom. The molecule has 0 aliphatic heterocycles. The van der Waals surface area contributed by atoms with E-state index in [1.165, 1.54) is 35.6 Å². The Kier molecular flexibility index (Phi) is 5.21. The molecule has 0 bridgehead atoms. The summed E-state index contributed by atoms with van der Waals surface area (Å²) in [6, 6.07) is 12.2. The number of aryl methyl sites for hydroxylation is 1. The lowest BCUT2D eigenvalue weighted by atomic mass is 10.2. The topological polar surface area (TPSA) is 101 Å². The molecule has 0 fully saturated rings. The summed E-state index contributed by atoms with van der Waals surface area (Å²) in [5.41, 5.74) is 0.438. The Bertz CT molecular complexity index is 1070. The molecular weight excluding hydrogens is 396 g/mol. The summed E-state index contributed by atoms with van der Waals surface area (Å²) in [6.07, 6.45) is 0. The Balaban J connectivity index is 1.84. The van der Waals surface area contributed by atoms with Crippen molar-refractivity contribution in [2.24, 2.45) is 0 Å². The normalized spacial score (nSPS) is 11.2. The molecule has 2 aromatic carbocycles. The van der Waals surface area contributed by atoms with Crippen LogP contribution in [0, 0.1) is 6.92 Å². The fourth-order valence-electron chi connectivity index (χ4n) is 2.07. The minimum absolute atomic E-state index is 0.0569. The summed E-state index contributed by atoms with van der Waals surface area (Å²) >= 11 is 7.21. The number of anilines is 2. The molecule has 1 amide bonds. The SMILES string of the molecule is Cc1nnc(NC(=O)c2cccc(S(=O)(=O)Nc3ccccc3Cl)c2)s1. The smallest absolute Gasteiger partial charge is 0.261 e. The van der Waals surface area contributed by atoms with Crippen LogP contribution >= 0.6 is 22.9 Å². The van der Waals surface area contributed by atoms with Crippen molar-refractivity contribution in [2.45, 2.75) is 11.8 Å². The minimum atomic E-state index is -3.90. The Morgan fingerprint density at radius 3 is 2.58 bits per heavy atom. The maximum atomic E-state index is 12.6. The second kappa shape index (κ2) is 7.40. The van der Waals surface area contributed by atoms with Crippen LogP contribution in [-0.2, 0) is 10.0 Å². The number of amides is 1. The first-order chi connectivity index (χ1) is 12.3. The lowest BCUT2D eigenvalue weighted by Crippen LogP contribution is -2.16. The van der Waals surface area contributed by atoms with E-state index in [0.717, 1.165) is 0 Å². The van der Waals surface area contributed by atoms with Gasteiger partial charge in [-0.1, -0.05) is 41.1 Å². The van der Waals surface area contributed by atoms with E-state index in [1.807, 2.05) is 0 Å². The van der Waals surface area contributed by atoms with Gasteiger partial charge in [-0.3, -0.25) is 14.8 Å². The number of carbonyl (C=O) groups is 1. The van der Waals surface area contributed by atoms with Crippen LogP contribution in [0.3, 0.4) is 0 Å². The van der Waals surface area contributed by atoms with Gasteiger partial charge in [0.25, 0.3) is 15.9 Å². The largest absolute Gasteiger partial charge is 0.296 e. The minimum Gasteiger partial charge on any atom is -0.296 e. The number of rotatable bonds is 5. The van der Waals surface area contributed by atoms with E-state index in [-0.39, 0.29) is 21.2 Å². The van der Waals surface area contributed by atoms with Gasteiger partial charge in [0.2, 0.25) is 5.13 Å². The number of sulfonamides is 1. The van der Waals surface area contributed by atoms with Crippen molar-refractivity contribution in [1.29, 1.82) is 0 Å². The highest BCUT2D eigenvalue weighted by atomic mass is 35.5. The molecular formula is C16H13ClN4O3S2. The highest BCUT2D eigenvalue weighted by Crippen LogP contribution is 2.24. The van der Waals surface area contributed by atoms with Crippen LogP contribution in [0.4, 0.5) is 10.8 Å². The average Bonchev–Trinajstić information content (AvgIpc) is 3.02. The van der Waals surface area contributed by atoms with Crippen molar-refractivity contribution in [3.05, 3.63) is 64.1 Å². The quantitative estimate of drug-likeness (QED) is 0.672. The van der Waals surface area contributed by atoms with E-state index in [1.54, 1.807) is 31.2 Å². The third-order valence-electron chi connectivity index (χ3n) is 3.27. The van der Waals surface area contributed by atoms with Crippen LogP contribution in [0.2, 0.25) is 5.02 Å². The molecule has 26 heavy (non-hydrogen) atoms. The number of hydrogen-bond acceptors (Lipinski definition) is 6. The summed E-state index contributed by atoms with van der Waals surface area (Å²) in [4.78, 5) is 12.2. The number of para-hydroxylation sites is 1. The van der Waals surface area contributed by atoms with E-state index in [0.29, 0.717) is 10.1 Å². The monoisotopic (exact) mass is 408 g/mol. The Hall–Kier alpha value is -2.49. The number of hydrogen-bond donors (Lipinski definition) is 2. The van der Waals surface area contributed by atoms with Crippen molar-refractivity contribution in [3.63, 3.8) is 0 Å². The Labute approximate surface area is 159 Å². The third-order valence-corrected chi connectivity index (χ3v) is 5.72. The summed E-state index contributed by atoms with van der Waals surface area (Å²) in [6.45, 7) is 1.76. The first-order valence-electron chi connectivity index (χ1n) is 7.34. The Morgan fingerprint density at radius 1 is 1.12 bits per heavy atom. The molecule has 0 saturated carbocycles. The summed E-state index contributed by atoms with van der Waals surface area (Å²) < 4.78 is 27.5. The summed E-state index contributed by atoms with van der Waals surface area (Å²) in [7, 11) is -3.90. The first kappa shape index (κ1) is 18.3. The molecule has 0 aliphatic carbocycles. The predicted molar refractivity (Wildman–Crippen MR) is 101 cm³/mol. The summed E-state index contributed by atoms with van der Waals surface area (Å²) in [5.74, 6) is -0.476. The number of carbonyl (C=O) groups excluding carboxylic acids is 1. The van der Waals surface area contributed by atoms with E-state index in [4.69, 9.17) is 11.6 Å². The third kappa shape index (κ3) is 4.18. The number of nitrogens with zero attached hydrogens (tertiary/aromatic N) is 2. The summed E-state index contributed by atoms with van der Waals surface area (Å²) in [5, 5.41) is 11.5. The molecule has 2 N–H and O–H groups in total. The van der Waals surface area contributed by atoms with E-state index in [9.17, 15) is 13.2 Å². The zero-order valence-electron chi connectivity index (χ0n) is 13.4. The van der Waals surface area contributed by atoms with E-state index >= 15 is 0 Å². The first-order valence-corrected chi connectivity index (χ1v) is 10.0. The lowest BCUT2D eigenvalue weighted by molar-refractivity contribution is 0.102. The van der Waals surface area contributed by atoms with Crippen molar-refractivity contribution >= 4 is 49.7 Å². The molecule has 1 aromatic heterocycles. The van der Waals surface area contributed by atoms with Crippen LogP contribution in [0.25, 0.3) is 0 Å². The molecule has 1 heterocycles. The van der Waals surface area contributed by atoms with Crippen molar-refractivity contribution in [2.75, 3.05) is 10.0 Å². The van der Waals surface area contributed by atoms with Gasteiger partial charge in [0.15, 0.2) is 0 Å². The molecule has 0 radical (unpaired) electrons. The van der Waals surface area contributed by atoms with Gasteiger partial charge in [-0.15, -0.1) is 10.2 Å². The van der Waals surface area contributed by atoms with Crippen molar-refractivity contribution in [3.8, 4) is 0 Å². The van der Waals surface area contributed by atoms with Crippen molar-refractivity contribution in [1.82, 2.24) is 10.2 Å². The average molecular weight is 409 g/mol. The van der Waals surface area contributed by atoms with E-state index in [2.05, 4.69) is 20.2 Å². The van der Waals surface area contributed by atoms with Crippen LogP contribution in [0.1, 0.15) is 15.4 Å². The van der Waals surface area contributed by atoms with Gasteiger partial charge >= 0.3 is 0 Å². The number of aromatic nitrogens is 2. The zero-order valence-corrected chi connectivity index (χ0v) is 15.8. The van der Waals surface area contributed by atoms with Gasteiger partial charge in [-0.05, 0) is 37.3 Å². The number of nitrogens with one attached hydrogen (secondary N) is 2. The fourth-order valence-corrected chi connectivity index (χ4v) is 4.02. The molecule has 0 atom stereocenters. The van der Waals surface area contributed by atoms with Gasteiger partial charge < -0.3 is 0 Å². The maximum absolute atomic E-state index is 12.6. The molecule has 10 heteroatoms. The number of benzene rings is 2. The second-order valence-electron chi connectivity index (χ2n) is 5.19. The highest BCUT2D eigenvalue weighted by molar-refractivity contribution is 7.92. The molecule has 0 unspecified atom stereocenters. The zero-order chi connectivity index (χ0) is 18.7. The molecule has 134 valence electrons. The van der Waals surface area contributed by atoms with E-state index < -0.39 is 15.9 Å². The van der Waals surface area contributed by atoms with Crippen LogP contribution in [0.5, 0.6) is 0 Å². The van der Waals surface area contributed by atoms with Crippen LogP contribution < -0.4 is 10.0 Å². The fraction of sp³-hybridized carbons (Fsp3) is 0.0625. The molecule has 0 aliphatic rings. The molecule has 0 saturated heterocycles. The van der Waals surface area contributed by atoms with Gasteiger partial charge in [-0.25, -0.2) is 8.42 Å². The molecule has 0 spiro atoms. The van der Waals surface area contributed by atoms with Gasteiger partial charge in [0.1, 0.15) is 5.01 Å².